The molecule has 0 saturated carbocycles. The quantitative estimate of drug-likeness (QED) is 0.800. The van der Waals surface area contributed by atoms with E-state index >= 15 is 0 Å². The Bertz CT molecular complexity index is 433. The summed E-state index contributed by atoms with van der Waals surface area (Å²) in [6.45, 7) is 5.46. The van der Waals surface area contributed by atoms with Gasteiger partial charge in [0.25, 0.3) is 0 Å². The number of hydrogen-bond acceptors (Lipinski definition) is 2. The predicted octanol–water partition coefficient (Wildman–Crippen LogP) is 2.90. The fraction of sp³-hybridized carbons (Fsp3) is 0.462. The zero-order valence-electron chi connectivity index (χ0n) is 10.9. The highest BCUT2D eigenvalue weighted by molar-refractivity contribution is 9.10. The first-order chi connectivity index (χ1) is 8.38. The van der Waals surface area contributed by atoms with Crippen molar-refractivity contribution in [2.24, 2.45) is 0 Å². The van der Waals surface area contributed by atoms with Gasteiger partial charge < -0.3 is 15.7 Å². The van der Waals surface area contributed by atoms with Crippen LogP contribution in [0.2, 0.25) is 0 Å². The molecule has 0 aliphatic carbocycles. The highest BCUT2D eigenvalue weighted by Gasteiger charge is 2.18. The van der Waals surface area contributed by atoms with Crippen molar-refractivity contribution in [2.75, 3.05) is 11.9 Å². The van der Waals surface area contributed by atoms with E-state index in [4.69, 9.17) is 5.11 Å². The van der Waals surface area contributed by atoms with E-state index in [0.29, 0.717) is 0 Å². The average Bonchev–Trinajstić information content (AvgIpc) is 2.31. The van der Waals surface area contributed by atoms with Crippen LogP contribution >= 0.6 is 15.9 Å². The van der Waals surface area contributed by atoms with Gasteiger partial charge in [0, 0.05) is 10.2 Å². The van der Waals surface area contributed by atoms with Gasteiger partial charge >= 0.3 is 6.03 Å². The number of hydrogen-bond donors (Lipinski definition) is 3. The zero-order chi connectivity index (χ0) is 13.8. The Balaban J connectivity index is 2.70. The molecule has 0 heterocycles. The molecule has 0 bridgehead atoms. The van der Waals surface area contributed by atoms with E-state index in [-0.39, 0.29) is 12.6 Å². The van der Waals surface area contributed by atoms with E-state index < -0.39 is 5.54 Å². The molecule has 3 N–H and O–H groups in total. The van der Waals surface area contributed by atoms with E-state index in [1.807, 2.05) is 18.2 Å². The molecule has 0 fully saturated rings. The van der Waals surface area contributed by atoms with E-state index in [1.54, 1.807) is 13.8 Å². The summed E-state index contributed by atoms with van der Waals surface area (Å²) >= 11 is 3.46. The molecule has 0 aliphatic heterocycles. The number of rotatable bonds is 4. The highest BCUT2D eigenvalue weighted by Crippen LogP contribution is 2.21. The van der Waals surface area contributed by atoms with Crippen LogP contribution in [-0.4, -0.2) is 23.3 Å². The number of amides is 2. The maximum atomic E-state index is 11.7. The van der Waals surface area contributed by atoms with Gasteiger partial charge in [-0.2, -0.15) is 0 Å². The summed E-state index contributed by atoms with van der Waals surface area (Å²) in [5, 5.41) is 14.5. The van der Waals surface area contributed by atoms with Crippen molar-refractivity contribution in [3.05, 3.63) is 28.2 Å². The normalized spacial score (nSPS) is 11.2. The van der Waals surface area contributed by atoms with Gasteiger partial charge in [-0.05, 0) is 44.0 Å². The van der Waals surface area contributed by atoms with Crippen molar-refractivity contribution in [1.29, 1.82) is 0 Å². The lowest BCUT2D eigenvalue weighted by molar-refractivity contribution is 0.187. The van der Waals surface area contributed by atoms with Crippen molar-refractivity contribution < 1.29 is 9.90 Å². The summed E-state index contributed by atoms with van der Waals surface area (Å²) in [6.07, 6.45) is 0.889. The third-order valence-corrected chi connectivity index (χ3v) is 3.31. The number of nitrogens with one attached hydrogen (secondary N) is 2. The number of urea groups is 1. The lowest BCUT2D eigenvalue weighted by Crippen LogP contribution is -2.48. The summed E-state index contributed by atoms with van der Waals surface area (Å²) in [6, 6.07) is 5.34. The fourth-order valence-corrected chi connectivity index (χ4v) is 1.96. The van der Waals surface area contributed by atoms with Crippen LogP contribution in [-0.2, 0) is 6.42 Å². The van der Waals surface area contributed by atoms with Crippen LogP contribution in [0.3, 0.4) is 0 Å². The van der Waals surface area contributed by atoms with Crippen LogP contribution in [0, 0.1) is 0 Å². The van der Waals surface area contributed by atoms with Crippen molar-refractivity contribution in [3.8, 4) is 0 Å². The molecule has 0 aromatic heterocycles. The van der Waals surface area contributed by atoms with E-state index in [2.05, 4.69) is 33.5 Å². The molecule has 0 atom stereocenters. The molecular formula is C13H19BrN2O2. The number of aliphatic hydroxyl groups excluding tert-OH is 1. The molecule has 18 heavy (non-hydrogen) atoms. The Labute approximate surface area is 116 Å². The van der Waals surface area contributed by atoms with Gasteiger partial charge in [0.1, 0.15) is 0 Å². The van der Waals surface area contributed by atoms with Crippen molar-refractivity contribution in [1.82, 2.24) is 5.32 Å². The molecular weight excluding hydrogens is 296 g/mol. The Kier molecular flexibility index (Phi) is 5.16. The molecule has 4 nitrogen and oxygen atoms in total. The number of benzene rings is 1. The van der Waals surface area contributed by atoms with Crippen LogP contribution in [0.4, 0.5) is 10.5 Å². The molecule has 2 amide bonds. The SMILES string of the molecule is CCc1cc(NC(=O)NC(C)(C)CO)ccc1Br. The van der Waals surface area contributed by atoms with Gasteiger partial charge in [0.2, 0.25) is 0 Å². The molecule has 0 saturated heterocycles. The summed E-state index contributed by atoms with van der Waals surface area (Å²) < 4.78 is 1.03. The van der Waals surface area contributed by atoms with Crippen LogP contribution < -0.4 is 10.6 Å². The second-order valence-corrected chi connectivity index (χ2v) is 5.64. The van der Waals surface area contributed by atoms with Gasteiger partial charge in [-0.25, -0.2) is 4.79 Å². The van der Waals surface area contributed by atoms with Crippen LogP contribution in [0.15, 0.2) is 22.7 Å². The summed E-state index contributed by atoms with van der Waals surface area (Å²) in [7, 11) is 0. The van der Waals surface area contributed by atoms with Gasteiger partial charge in [-0.15, -0.1) is 0 Å². The summed E-state index contributed by atoms with van der Waals surface area (Å²) in [5.74, 6) is 0. The second-order valence-electron chi connectivity index (χ2n) is 4.78. The lowest BCUT2D eigenvalue weighted by atomic mass is 10.1. The monoisotopic (exact) mass is 314 g/mol. The number of carbonyl (C=O) groups is 1. The summed E-state index contributed by atoms with van der Waals surface area (Å²) in [5.41, 5.74) is 1.24. The van der Waals surface area contributed by atoms with Crippen LogP contribution in [0.1, 0.15) is 26.3 Å². The minimum atomic E-state index is -0.632. The maximum Gasteiger partial charge on any atom is 0.319 e. The van der Waals surface area contributed by atoms with Gasteiger partial charge in [-0.1, -0.05) is 22.9 Å². The standard InChI is InChI=1S/C13H19BrN2O2/c1-4-9-7-10(5-6-11(9)14)15-12(18)16-13(2,3)8-17/h5-7,17H,4,8H2,1-3H3,(H2,15,16,18). The van der Waals surface area contributed by atoms with Crippen molar-refractivity contribution in [3.63, 3.8) is 0 Å². The lowest BCUT2D eigenvalue weighted by Gasteiger charge is -2.23. The smallest absolute Gasteiger partial charge is 0.319 e. The molecule has 0 spiro atoms. The van der Waals surface area contributed by atoms with Gasteiger partial charge in [0.15, 0.2) is 0 Å². The maximum absolute atomic E-state index is 11.7. The fourth-order valence-electron chi connectivity index (χ4n) is 1.43. The number of halogens is 1. The number of carbonyl (C=O) groups excluding carboxylic acids is 1. The van der Waals surface area contributed by atoms with Crippen LogP contribution in [0.25, 0.3) is 0 Å². The highest BCUT2D eigenvalue weighted by atomic mass is 79.9. The molecule has 0 unspecified atom stereocenters. The first kappa shape index (κ1) is 15.0. The second kappa shape index (κ2) is 6.20. The molecule has 100 valence electrons. The third kappa shape index (κ3) is 4.31. The predicted molar refractivity (Wildman–Crippen MR) is 76.8 cm³/mol. The molecule has 1 aromatic carbocycles. The first-order valence-corrected chi connectivity index (χ1v) is 6.65. The molecule has 1 rings (SSSR count). The number of anilines is 1. The molecule has 1 aromatic rings. The Morgan fingerprint density at radius 3 is 2.67 bits per heavy atom. The Hall–Kier alpha value is -1.07. The largest absolute Gasteiger partial charge is 0.394 e. The zero-order valence-corrected chi connectivity index (χ0v) is 12.5. The number of aryl methyl sites for hydroxylation is 1. The third-order valence-electron chi connectivity index (χ3n) is 2.53. The topological polar surface area (TPSA) is 61.4 Å². The van der Waals surface area contributed by atoms with E-state index in [0.717, 1.165) is 22.1 Å². The van der Waals surface area contributed by atoms with Crippen molar-refractivity contribution >= 4 is 27.6 Å². The molecule has 0 radical (unpaired) electrons. The molecule has 0 aliphatic rings. The van der Waals surface area contributed by atoms with E-state index in [9.17, 15) is 4.79 Å². The Morgan fingerprint density at radius 2 is 2.11 bits per heavy atom. The average molecular weight is 315 g/mol. The molecule has 5 heteroatoms. The minimum absolute atomic E-state index is 0.110. The number of aliphatic hydroxyl groups is 1. The van der Waals surface area contributed by atoms with Gasteiger partial charge in [0.05, 0.1) is 12.1 Å². The van der Waals surface area contributed by atoms with E-state index in [1.165, 1.54) is 0 Å². The van der Waals surface area contributed by atoms with Gasteiger partial charge in [-0.3, -0.25) is 0 Å². The Morgan fingerprint density at radius 1 is 1.44 bits per heavy atom. The summed E-state index contributed by atoms with van der Waals surface area (Å²) in [4.78, 5) is 11.7. The van der Waals surface area contributed by atoms with Crippen LogP contribution in [0.5, 0.6) is 0 Å². The van der Waals surface area contributed by atoms with Crippen molar-refractivity contribution in [2.45, 2.75) is 32.7 Å². The first-order valence-electron chi connectivity index (χ1n) is 5.86. The minimum Gasteiger partial charge on any atom is -0.394 e.